The Labute approximate surface area is 199 Å². The van der Waals surface area contributed by atoms with E-state index in [1.54, 1.807) is 6.08 Å². The van der Waals surface area contributed by atoms with Crippen LogP contribution in [0.15, 0.2) is 41.9 Å². The van der Waals surface area contributed by atoms with E-state index in [-0.39, 0.29) is 12.9 Å². The second-order valence-corrected chi connectivity index (χ2v) is 8.22. The lowest BCUT2D eigenvalue weighted by molar-refractivity contribution is -0.0441. The number of guanidine groups is 1. The minimum absolute atomic E-state index is 0.155. The molecule has 2 rings (SSSR count). The van der Waals surface area contributed by atoms with Crippen molar-refractivity contribution in [2.75, 3.05) is 32.9 Å². The molecule has 0 atom stereocenters. The monoisotopic (exact) mass is 459 g/mol. The molecule has 1 heterocycles. The van der Waals surface area contributed by atoms with E-state index in [9.17, 15) is 4.79 Å². The average molecular weight is 460 g/mol. The van der Waals surface area contributed by atoms with Crippen molar-refractivity contribution in [2.45, 2.75) is 71.5 Å². The van der Waals surface area contributed by atoms with Crippen LogP contribution in [-0.2, 0) is 14.2 Å². The molecule has 1 N–H and O–H groups in total. The van der Waals surface area contributed by atoms with Gasteiger partial charge in [0.15, 0.2) is 6.29 Å². The number of ether oxygens (including phenoxy) is 3. The molecule has 0 bridgehead atoms. The molecule has 1 aliphatic rings. The first-order valence-electron chi connectivity index (χ1n) is 12.4. The minimum atomic E-state index is -0.523. The summed E-state index contributed by atoms with van der Waals surface area (Å²) in [6.07, 6.45) is 9.92. The van der Waals surface area contributed by atoms with Crippen LogP contribution in [0, 0.1) is 0 Å². The number of amides is 1. The van der Waals surface area contributed by atoms with Gasteiger partial charge < -0.3 is 19.1 Å². The molecular formula is C26H41N3O4. The van der Waals surface area contributed by atoms with Crippen molar-refractivity contribution in [2.24, 2.45) is 4.99 Å². The summed E-state index contributed by atoms with van der Waals surface area (Å²) in [6.45, 7) is 11.1. The van der Waals surface area contributed by atoms with E-state index < -0.39 is 6.09 Å². The first kappa shape index (κ1) is 26.9. The summed E-state index contributed by atoms with van der Waals surface area (Å²) in [7, 11) is 0. The van der Waals surface area contributed by atoms with Crippen LogP contribution >= 0.6 is 0 Å². The third-order valence-electron chi connectivity index (χ3n) is 5.43. The molecule has 1 aromatic carbocycles. The molecule has 1 aromatic rings. The normalized spacial score (nSPS) is 14.3. The maximum absolute atomic E-state index is 12.4. The van der Waals surface area contributed by atoms with Gasteiger partial charge in [0.25, 0.3) is 0 Å². The van der Waals surface area contributed by atoms with Gasteiger partial charge in [-0.05, 0) is 25.0 Å². The van der Waals surface area contributed by atoms with Crippen molar-refractivity contribution < 1.29 is 19.0 Å². The van der Waals surface area contributed by atoms with E-state index in [2.05, 4.69) is 30.6 Å². The summed E-state index contributed by atoms with van der Waals surface area (Å²) in [6, 6.07) is 7.75. The summed E-state index contributed by atoms with van der Waals surface area (Å²) in [5.41, 5.74) is 1.71. The zero-order valence-corrected chi connectivity index (χ0v) is 20.4. The van der Waals surface area contributed by atoms with Crippen molar-refractivity contribution in [1.29, 1.82) is 0 Å². The first-order chi connectivity index (χ1) is 16.2. The van der Waals surface area contributed by atoms with Gasteiger partial charge in [0.2, 0.25) is 5.96 Å². The number of carbonyl (C=O) groups is 1. The Morgan fingerprint density at radius 1 is 1.06 bits per heavy atom. The largest absolute Gasteiger partial charge is 0.445 e. The highest BCUT2D eigenvalue weighted by molar-refractivity contribution is 5.95. The number of aliphatic imine (C=N–C) groups is 1. The Morgan fingerprint density at radius 3 is 2.21 bits per heavy atom. The summed E-state index contributed by atoms with van der Waals surface area (Å²) >= 11 is 0. The number of hydrogen-bond acceptors (Lipinski definition) is 5. The standard InChI is InChI=1S/C26H41N3O4/c1-4-7-9-11-17-29(18-12-10-8-5-2)25(28-26(30)33-19-6-3)27-23-15-13-22(14-16-23)24-31-20-21-32-24/h6,13-16,24H,3-5,7-12,17-21H2,1-2H3,(H,27,28,30). The Balaban J connectivity index is 2.18. The van der Waals surface area contributed by atoms with E-state index >= 15 is 0 Å². The van der Waals surface area contributed by atoms with Gasteiger partial charge in [0.1, 0.15) is 6.61 Å². The molecule has 1 amide bonds. The fourth-order valence-corrected chi connectivity index (χ4v) is 3.60. The number of rotatable bonds is 14. The zero-order chi connectivity index (χ0) is 23.7. The van der Waals surface area contributed by atoms with Gasteiger partial charge in [-0.1, -0.05) is 77.2 Å². The van der Waals surface area contributed by atoms with Crippen LogP contribution in [0.4, 0.5) is 10.5 Å². The Morgan fingerprint density at radius 2 is 1.67 bits per heavy atom. The average Bonchev–Trinajstić information content (AvgIpc) is 3.37. The summed E-state index contributed by atoms with van der Waals surface area (Å²) < 4.78 is 16.3. The maximum Gasteiger partial charge on any atom is 0.414 e. The summed E-state index contributed by atoms with van der Waals surface area (Å²) in [4.78, 5) is 19.3. The Hall–Kier alpha value is -2.38. The van der Waals surface area contributed by atoms with Gasteiger partial charge in [-0.15, -0.1) is 0 Å². The molecule has 33 heavy (non-hydrogen) atoms. The summed E-state index contributed by atoms with van der Waals surface area (Å²) in [5.74, 6) is 0.526. The third-order valence-corrected chi connectivity index (χ3v) is 5.43. The number of hydrogen-bond donors (Lipinski definition) is 1. The van der Waals surface area contributed by atoms with Crippen LogP contribution in [0.1, 0.15) is 77.1 Å². The highest BCUT2D eigenvalue weighted by atomic mass is 16.7. The van der Waals surface area contributed by atoms with E-state index in [1.165, 1.54) is 25.7 Å². The van der Waals surface area contributed by atoms with Crippen LogP contribution in [0.3, 0.4) is 0 Å². The van der Waals surface area contributed by atoms with Gasteiger partial charge in [-0.2, -0.15) is 0 Å². The number of alkyl carbamates (subject to hydrolysis) is 1. The summed E-state index contributed by atoms with van der Waals surface area (Å²) in [5, 5.41) is 2.87. The number of unbranched alkanes of at least 4 members (excludes halogenated alkanes) is 6. The van der Waals surface area contributed by atoms with Gasteiger partial charge >= 0.3 is 6.09 Å². The highest BCUT2D eigenvalue weighted by Gasteiger charge is 2.19. The van der Waals surface area contributed by atoms with Crippen molar-refractivity contribution >= 4 is 17.7 Å². The zero-order valence-electron chi connectivity index (χ0n) is 20.4. The van der Waals surface area contributed by atoms with E-state index in [4.69, 9.17) is 19.2 Å². The highest BCUT2D eigenvalue weighted by Crippen LogP contribution is 2.25. The fourth-order valence-electron chi connectivity index (χ4n) is 3.60. The molecule has 184 valence electrons. The molecule has 0 aliphatic carbocycles. The molecule has 0 saturated carbocycles. The maximum atomic E-state index is 12.4. The van der Waals surface area contributed by atoms with Crippen molar-refractivity contribution in [3.8, 4) is 0 Å². The Kier molecular flexibility index (Phi) is 13.2. The molecular weight excluding hydrogens is 418 g/mol. The predicted molar refractivity (Wildman–Crippen MR) is 133 cm³/mol. The molecule has 7 nitrogen and oxygen atoms in total. The van der Waals surface area contributed by atoms with Gasteiger partial charge in [-0.3, -0.25) is 5.32 Å². The lowest BCUT2D eigenvalue weighted by Crippen LogP contribution is -2.45. The van der Waals surface area contributed by atoms with Crippen molar-refractivity contribution in [3.63, 3.8) is 0 Å². The molecule has 1 fully saturated rings. The number of carbonyl (C=O) groups excluding carboxylic acids is 1. The lowest BCUT2D eigenvalue weighted by Gasteiger charge is -2.26. The predicted octanol–water partition coefficient (Wildman–Crippen LogP) is 6.09. The van der Waals surface area contributed by atoms with Crippen LogP contribution in [0.25, 0.3) is 0 Å². The SMILES string of the molecule is C=CCOC(=O)N/C(=N/c1ccc(C2OCCO2)cc1)N(CCCCCC)CCCCCC. The van der Waals surface area contributed by atoms with Crippen molar-refractivity contribution in [3.05, 3.63) is 42.5 Å². The van der Waals surface area contributed by atoms with E-state index in [0.29, 0.717) is 19.2 Å². The second kappa shape index (κ2) is 16.3. The fraction of sp³-hybridized carbons (Fsp3) is 0.615. The second-order valence-electron chi connectivity index (χ2n) is 8.22. The molecule has 1 saturated heterocycles. The van der Waals surface area contributed by atoms with Gasteiger partial charge in [-0.25, -0.2) is 9.79 Å². The molecule has 0 aromatic heterocycles. The van der Waals surface area contributed by atoms with Gasteiger partial charge in [0, 0.05) is 18.7 Å². The molecule has 0 spiro atoms. The van der Waals surface area contributed by atoms with Crippen molar-refractivity contribution in [1.82, 2.24) is 10.2 Å². The molecule has 0 radical (unpaired) electrons. The number of nitrogens with zero attached hydrogens (tertiary/aromatic N) is 2. The number of benzene rings is 1. The topological polar surface area (TPSA) is 72.4 Å². The molecule has 0 unspecified atom stereocenters. The molecule has 1 aliphatic heterocycles. The van der Waals surface area contributed by atoms with E-state index in [1.807, 2.05) is 24.3 Å². The van der Waals surface area contributed by atoms with Crippen LogP contribution in [-0.4, -0.2) is 49.9 Å². The quantitative estimate of drug-likeness (QED) is 0.158. The molecule has 7 heteroatoms. The van der Waals surface area contributed by atoms with Crippen LogP contribution < -0.4 is 5.32 Å². The van der Waals surface area contributed by atoms with Gasteiger partial charge in [0.05, 0.1) is 18.9 Å². The third kappa shape index (κ3) is 10.4. The first-order valence-corrected chi connectivity index (χ1v) is 12.4. The van der Waals surface area contributed by atoms with Crippen LogP contribution in [0.5, 0.6) is 0 Å². The lowest BCUT2D eigenvalue weighted by atomic mass is 10.1. The Bertz CT molecular complexity index is 703. The minimum Gasteiger partial charge on any atom is -0.445 e. The smallest absolute Gasteiger partial charge is 0.414 e. The number of nitrogens with one attached hydrogen (secondary N) is 1. The van der Waals surface area contributed by atoms with Crippen LogP contribution in [0.2, 0.25) is 0 Å². The van der Waals surface area contributed by atoms with E-state index in [0.717, 1.165) is 50.0 Å².